The highest BCUT2D eigenvalue weighted by atomic mass is 32.1. The second-order valence-electron chi connectivity index (χ2n) is 4.94. The average Bonchev–Trinajstić information content (AvgIpc) is 2.75. The lowest BCUT2D eigenvalue weighted by Crippen LogP contribution is -2.47. The number of aliphatic hydroxyl groups is 1. The molecule has 1 aromatic heterocycles. The van der Waals surface area contributed by atoms with Crippen LogP contribution in [0, 0.1) is 0 Å². The van der Waals surface area contributed by atoms with Gasteiger partial charge in [-0.25, -0.2) is 4.79 Å². The summed E-state index contributed by atoms with van der Waals surface area (Å²) in [6, 6.07) is 0.505. The summed E-state index contributed by atoms with van der Waals surface area (Å²) in [5.74, 6) is -1.66. The number of carboxylic acid groups (broad SMARTS) is 1. The van der Waals surface area contributed by atoms with Gasteiger partial charge in [-0.3, -0.25) is 0 Å². The Morgan fingerprint density at radius 2 is 2.11 bits per heavy atom. The van der Waals surface area contributed by atoms with E-state index < -0.39 is 29.8 Å². The third-order valence-electron chi connectivity index (χ3n) is 2.13. The SMILES string of the molecule is CC(C)(C)OC(=O)N[C@@H](c1ccsc1)[C@@H](O)C(=O)[O-]. The van der Waals surface area contributed by atoms with Gasteiger partial charge in [0.2, 0.25) is 0 Å². The first-order valence-electron chi connectivity index (χ1n) is 5.61. The minimum atomic E-state index is -1.85. The molecule has 0 radical (unpaired) electrons. The molecule has 0 aromatic carbocycles. The smallest absolute Gasteiger partial charge is 0.408 e. The van der Waals surface area contributed by atoms with Crippen molar-refractivity contribution in [3.63, 3.8) is 0 Å². The van der Waals surface area contributed by atoms with Crippen molar-refractivity contribution in [2.75, 3.05) is 0 Å². The molecule has 19 heavy (non-hydrogen) atoms. The average molecular weight is 286 g/mol. The molecule has 0 saturated carbocycles. The van der Waals surface area contributed by atoms with Crippen molar-refractivity contribution in [1.29, 1.82) is 0 Å². The lowest BCUT2D eigenvalue weighted by molar-refractivity contribution is -0.316. The Hall–Kier alpha value is -1.60. The van der Waals surface area contributed by atoms with E-state index in [0.29, 0.717) is 5.56 Å². The van der Waals surface area contributed by atoms with Gasteiger partial charge in [0.05, 0.1) is 12.0 Å². The first kappa shape index (κ1) is 15.5. The van der Waals surface area contributed by atoms with E-state index in [4.69, 9.17) is 4.74 Å². The van der Waals surface area contributed by atoms with Crippen LogP contribution < -0.4 is 10.4 Å². The Morgan fingerprint density at radius 3 is 2.53 bits per heavy atom. The highest BCUT2D eigenvalue weighted by Gasteiger charge is 2.27. The number of ether oxygens (including phenoxy) is 1. The highest BCUT2D eigenvalue weighted by Crippen LogP contribution is 2.20. The zero-order valence-corrected chi connectivity index (χ0v) is 11.7. The van der Waals surface area contributed by atoms with Crippen LogP contribution in [0.5, 0.6) is 0 Å². The number of thiophene rings is 1. The molecule has 1 heterocycles. The quantitative estimate of drug-likeness (QED) is 0.836. The van der Waals surface area contributed by atoms with E-state index in [2.05, 4.69) is 5.32 Å². The van der Waals surface area contributed by atoms with Crippen LogP contribution in [-0.4, -0.2) is 28.9 Å². The van der Waals surface area contributed by atoms with Gasteiger partial charge in [0.1, 0.15) is 11.7 Å². The van der Waals surface area contributed by atoms with Crippen molar-refractivity contribution in [3.05, 3.63) is 22.4 Å². The Labute approximate surface area is 115 Å². The number of amides is 1. The monoisotopic (exact) mass is 286 g/mol. The first-order chi connectivity index (χ1) is 8.70. The van der Waals surface area contributed by atoms with Crippen LogP contribution in [0.25, 0.3) is 0 Å². The number of alkyl carbamates (subject to hydrolysis) is 1. The maximum atomic E-state index is 11.6. The van der Waals surface area contributed by atoms with E-state index in [1.54, 1.807) is 37.6 Å². The fourth-order valence-electron chi connectivity index (χ4n) is 1.37. The lowest BCUT2D eigenvalue weighted by atomic mass is 10.1. The summed E-state index contributed by atoms with van der Waals surface area (Å²) in [5.41, 5.74) is -0.233. The van der Waals surface area contributed by atoms with Gasteiger partial charge < -0.3 is 25.1 Å². The fraction of sp³-hybridized carbons (Fsp3) is 0.500. The highest BCUT2D eigenvalue weighted by molar-refractivity contribution is 7.08. The van der Waals surface area contributed by atoms with Crippen molar-refractivity contribution in [3.8, 4) is 0 Å². The minimum Gasteiger partial charge on any atom is -0.547 e. The number of aliphatic hydroxyl groups excluding tert-OH is 1. The summed E-state index contributed by atoms with van der Waals surface area (Å²) in [6.45, 7) is 5.05. The van der Waals surface area contributed by atoms with Gasteiger partial charge in [-0.05, 0) is 43.2 Å². The number of hydrogen-bond acceptors (Lipinski definition) is 6. The molecular formula is C12H16NO5S-. The third kappa shape index (κ3) is 4.88. The molecule has 0 fully saturated rings. The second kappa shape index (κ2) is 6.03. The van der Waals surface area contributed by atoms with Crippen LogP contribution in [0.3, 0.4) is 0 Å². The maximum Gasteiger partial charge on any atom is 0.408 e. The number of nitrogens with one attached hydrogen (secondary N) is 1. The Kier molecular flexibility index (Phi) is 4.90. The molecule has 2 atom stereocenters. The standard InChI is InChI=1S/C12H17NO5S/c1-12(2,3)18-11(17)13-8(9(14)10(15)16)7-4-5-19-6-7/h4-6,8-9,14H,1-3H3,(H,13,17)(H,15,16)/p-1/t8-,9+/m0/s1. The predicted molar refractivity (Wildman–Crippen MR) is 67.4 cm³/mol. The van der Waals surface area contributed by atoms with E-state index >= 15 is 0 Å². The van der Waals surface area contributed by atoms with Crippen LogP contribution >= 0.6 is 11.3 Å². The molecule has 0 bridgehead atoms. The van der Waals surface area contributed by atoms with Crippen LogP contribution in [0.4, 0.5) is 4.79 Å². The number of carboxylic acids is 1. The molecule has 1 aromatic rings. The topological polar surface area (TPSA) is 98.7 Å². The molecule has 0 aliphatic rings. The number of carbonyl (C=O) groups excluding carboxylic acids is 2. The van der Waals surface area contributed by atoms with Crippen LogP contribution in [0.1, 0.15) is 32.4 Å². The van der Waals surface area contributed by atoms with E-state index in [-0.39, 0.29) is 0 Å². The van der Waals surface area contributed by atoms with Gasteiger partial charge in [-0.2, -0.15) is 11.3 Å². The molecule has 2 N–H and O–H groups in total. The zero-order chi connectivity index (χ0) is 14.6. The van der Waals surface area contributed by atoms with Crippen molar-refractivity contribution in [1.82, 2.24) is 5.32 Å². The molecule has 0 spiro atoms. The van der Waals surface area contributed by atoms with Gasteiger partial charge in [-0.15, -0.1) is 0 Å². The Bertz CT molecular complexity index is 437. The maximum absolute atomic E-state index is 11.6. The summed E-state index contributed by atoms with van der Waals surface area (Å²) in [6.07, 6.45) is -2.65. The Balaban J connectivity index is 2.82. The van der Waals surface area contributed by atoms with E-state index in [0.717, 1.165) is 0 Å². The van der Waals surface area contributed by atoms with Gasteiger partial charge in [0, 0.05) is 0 Å². The van der Waals surface area contributed by atoms with Crippen LogP contribution in [0.2, 0.25) is 0 Å². The third-order valence-corrected chi connectivity index (χ3v) is 2.83. The molecule has 106 valence electrons. The molecule has 0 unspecified atom stereocenters. The molecule has 1 amide bonds. The summed E-state index contributed by atoms with van der Waals surface area (Å²) < 4.78 is 5.03. The predicted octanol–water partition coefficient (Wildman–Crippen LogP) is 0.425. The van der Waals surface area contributed by atoms with E-state index in [9.17, 15) is 19.8 Å². The summed E-state index contributed by atoms with van der Waals surface area (Å²) >= 11 is 1.32. The largest absolute Gasteiger partial charge is 0.547 e. The van der Waals surface area contributed by atoms with Gasteiger partial charge in [-0.1, -0.05) is 0 Å². The molecule has 6 nitrogen and oxygen atoms in total. The molecule has 1 rings (SSSR count). The van der Waals surface area contributed by atoms with Crippen LogP contribution in [-0.2, 0) is 9.53 Å². The van der Waals surface area contributed by atoms with E-state index in [1.165, 1.54) is 11.3 Å². The van der Waals surface area contributed by atoms with Crippen molar-refractivity contribution < 1.29 is 24.5 Å². The summed E-state index contributed by atoms with van der Waals surface area (Å²) in [4.78, 5) is 22.4. The fourth-order valence-corrected chi connectivity index (χ4v) is 2.06. The van der Waals surface area contributed by atoms with Gasteiger partial charge in [0.25, 0.3) is 0 Å². The van der Waals surface area contributed by atoms with Crippen molar-refractivity contribution in [2.24, 2.45) is 0 Å². The molecule has 7 heteroatoms. The minimum absolute atomic E-state index is 0.479. The number of aliphatic carboxylic acids is 1. The zero-order valence-electron chi connectivity index (χ0n) is 10.9. The number of hydrogen-bond donors (Lipinski definition) is 2. The molecule has 0 saturated heterocycles. The van der Waals surface area contributed by atoms with Crippen LogP contribution in [0.15, 0.2) is 16.8 Å². The van der Waals surface area contributed by atoms with Gasteiger partial charge in [0.15, 0.2) is 0 Å². The number of rotatable bonds is 4. The van der Waals surface area contributed by atoms with Crippen molar-refractivity contribution >= 4 is 23.4 Å². The molecule has 0 aliphatic carbocycles. The van der Waals surface area contributed by atoms with Gasteiger partial charge >= 0.3 is 6.09 Å². The first-order valence-corrected chi connectivity index (χ1v) is 6.55. The summed E-state index contributed by atoms with van der Waals surface area (Å²) in [5, 5.41) is 26.0. The molecular weight excluding hydrogens is 270 g/mol. The normalized spacial score (nSPS) is 14.5. The lowest BCUT2D eigenvalue weighted by Gasteiger charge is -2.26. The summed E-state index contributed by atoms with van der Waals surface area (Å²) in [7, 11) is 0. The second-order valence-corrected chi connectivity index (χ2v) is 5.72. The van der Waals surface area contributed by atoms with E-state index in [1.807, 2.05) is 0 Å². The Morgan fingerprint density at radius 1 is 1.47 bits per heavy atom. The number of carbonyl (C=O) groups is 2. The van der Waals surface area contributed by atoms with Crippen molar-refractivity contribution in [2.45, 2.75) is 38.5 Å². The molecule has 0 aliphatic heterocycles.